The Morgan fingerprint density at radius 1 is 1.13 bits per heavy atom. The van der Waals surface area contributed by atoms with Crippen LogP contribution in [0.1, 0.15) is 59.8 Å². The monoisotopic (exact) mass is 489 g/mol. The lowest BCUT2D eigenvalue weighted by Gasteiger charge is -2.33. The highest BCUT2D eigenvalue weighted by molar-refractivity contribution is 9.10. The van der Waals surface area contributed by atoms with Crippen molar-refractivity contribution in [3.63, 3.8) is 0 Å². The quantitative estimate of drug-likeness (QED) is 0.566. The van der Waals surface area contributed by atoms with Gasteiger partial charge in [-0.3, -0.25) is 9.59 Å². The first-order valence-electron chi connectivity index (χ1n) is 10.8. The third-order valence-corrected chi connectivity index (χ3v) is 7.81. The van der Waals surface area contributed by atoms with E-state index in [1.54, 1.807) is 11.3 Å². The van der Waals surface area contributed by atoms with Crippen LogP contribution in [0.4, 0.5) is 10.7 Å². The highest BCUT2D eigenvalue weighted by Gasteiger charge is 2.28. The number of hydrogen-bond donors (Lipinski definition) is 2. The number of benzene rings is 1. The van der Waals surface area contributed by atoms with Gasteiger partial charge in [0.25, 0.3) is 5.91 Å². The molecule has 1 atom stereocenters. The predicted octanol–water partition coefficient (Wildman–Crippen LogP) is 5.45. The summed E-state index contributed by atoms with van der Waals surface area (Å²) in [5.74, 6) is -0.151. The summed E-state index contributed by atoms with van der Waals surface area (Å²) in [5.41, 5.74) is 2.50. The summed E-state index contributed by atoms with van der Waals surface area (Å²) < 4.78 is 0.966. The molecular weight excluding hydrogens is 462 g/mol. The van der Waals surface area contributed by atoms with Gasteiger partial charge in [0.2, 0.25) is 5.91 Å². The summed E-state index contributed by atoms with van der Waals surface area (Å²) in [6, 6.07) is 8.08. The van der Waals surface area contributed by atoms with Gasteiger partial charge in [-0.1, -0.05) is 22.4 Å². The average Bonchev–Trinajstić information content (AvgIpc) is 3.30. The molecule has 1 aromatic carbocycles. The SMILES string of the molecule is C[C@@H]1CCCCN1CCC(=O)Nc1sc2c(c1C(=O)Nc1ccc(Br)cc1)CCC2. The van der Waals surface area contributed by atoms with Crippen molar-refractivity contribution in [1.82, 2.24) is 4.90 Å². The maximum absolute atomic E-state index is 13.1. The van der Waals surface area contributed by atoms with E-state index in [0.717, 1.165) is 48.1 Å². The van der Waals surface area contributed by atoms with Crippen LogP contribution in [-0.4, -0.2) is 35.8 Å². The minimum atomic E-state index is -0.142. The summed E-state index contributed by atoms with van der Waals surface area (Å²) in [7, 11) is 0. The van der Waals surface area contributed by atoms with Crippen molar-refractivity contribution in [2.45, 2.75) is 57.9 Å². The molecule has 2 N–H and O–H groups in total. The van der Waals surface area contributed by atoms with E-state index in [9.17, 15) is 9.59 Å². The van der Waals surface area contributed by atoms with Crippen LogP contribution in [0, 0.1) is 0 Å². The van der Waals surface area contributed by atoms with Crippen molar-refractivity contribution < 1.29 is 9.59 Å². The number of hydrogen-bond acceptors (Lipinski definition) is 4. The van der Waals surface area contributed by atoms with Gasteiger partial charge >= 0.3 is 0 Å². The van der Waals surface area contributed by atoms with Crippen LogP contribution in [0.2, 0.25) is 0 Å². The molecule has 0 saturated carbocycles. The largest absolute Gasteiger partial charge is 0.322 e. The third-order valence-electron chi connectivity index (χ3n) is 6.07. The van der Waals surface area contributed by atoms with E-state index in [4.69, 9.17) is 0 Å². The van der Waals surface area contributed by atoms with Gasteiger partial charge in [0, 0.05) is 34.0 Å². The second-order valence-electron chi connectivity index (χ2n) is 8.20. The van der Waals surface area contributed by atoms with Gasteiger partial charge in [-0.2, -0.15) is 0 Å². The average molecular weight is 490 g/mol. The number of carbonyl (C=O) groups excluding carboxylic acids is 2. The fourth-order valence-corrected chi connectivity index (χ4v) is 5.95. The Balaban J connectivity index is 1.44. The number of likely N-dealkylation sites (tertiary alicyclic amines) is 1. The Bertz CT molecular complexity index is 925. The van der Waals surface area contributed by atoms with E-state index >= 15 is 0 Å². The van der Waals surface area contributed by atoms with Gasteiger partial charge in [-0.25, -0.2) is 0 Å². The standard InChI is InChI=1S/C23H28BrN3O2S/c1-15-5-2-3-13-27(15)14-12-20(28)26-23-21(18-6-4-7-19(18)30-23)22(29)25-17-10-8-16(24)9-11-17/h8-11,15H,2-7,12-14H2,1H3,(H,25,29)(H,26,28)/t15-/m1/s1. The minimum Gasteiger partial charge on any atom is -0.322 e. The van der Waals surface area contributed by atoms with E-state index < -0.39 is 0 Å². The number of rotatable bonds is 6. The molecular formula is C23H28BrN3O2S. The zero-order valence-corrected chi connectivity index (χ0v) is 19.7. The summed E-state index contributed by atoms with van der Waals surface area (Å²) in [6.07, 6.45) is 7.11. The van der Waals surface area contributed by atoms with Crippen LogP contribution in [0.3, 0.4) is 0 Å². The number of thiophene rings is 1. The molecule has 30 heavy (non-hydrogen) atoms. The van der Waals surface area contributed by atoms with Gasteiger partial charge < -0.3 is 15.5 Å². The number of amides is 2. The Kier molecular flexibility index (Phi) is 6.91. The second kappa shape index (κ2) is 9.62. The summed E-state index contributed by atoms with van der Waals surface area (Å²) >= 11 is 4.98. The molecule has 2 aromatic rings. The zero-order valence-electron chi connectivity index (χ0n) is 17.3. The molecule has 0 unspecified atom stereocenters. The number of anilines is 2. The van der Waals surface area contributed by atoms with E-state index in [2.05, 4.69) is 38.4 Å². The summed E-state index contributed by atoms with van der Waals surface area (Å²) in [4.78, 5) is 29.4. The molecule has 4 rings (SSSR count). The van der Waals surface area contributed by atoms with Crippen molar-refractivity contribution in [3.8, 4) is 0 Å². The number of carbonyl (C=O) groups is 2. The third kappa shape index (κ3) is 4.95. The number of nitrogens with one attached hydrogen (secondary N) is 2. The molecule has 2 heterocycles. The molecule has 0 radical (unpaired) electrons. The highest BCUT2D eigenvalue weighted by Crippen LogP contribution is 2.39. The Hall–Kier alpha value is -1.70. The molecule has 1 aromatic heterocycles. The summed E-state index contributed by atoms with van der Waals surface area (Å²) in [5, 5.41) is 6.75. The van der Waals surface area contributed by atoms with Gasteiger partial charge in [-0.15, -0.1) is 11.3 Å². The molecule has 2 aliphatic rings. The molecule has 2 amide bonds. The van der Waals surface area contributed by atoms with E-state index in [1.807, 2.05) is 24.3 Å². The van der Waals surface area contributed by atoms with Crippen molar-refractivity contribution in [3.05, 3.63) is 44.7 Å². The van der Waals surface area contributed by atoms with E-state index in [0.29, 0.717) is 23.0 Å². The zero-order chi connectivity index (χ0) is 21.1. The van der Waals surface area contributed by atoms with E-state index in [-0.39, 0.29) is 11.8 Å². The minimum absolute atomic E-state index is 0.00890. The first-order valence-corrected chi connectivity index (χ1v) is 12.4. The van der Waals surface area contributed by atoms with Crippen LogP contribution in [0.25, 0.3) is 0 Å². The van der Waals surface area contributed by atoms with Crippen molar-refractivity contribution in [2.24, 2.45) is 0 Å². The molecule has 1 saturated heterocycles. The first kappa shape index (κ1) is 21.5. The first-order chi connectivity index (χ1) is 14.5. The Labute approximate surface area is 190 Å². The maximum atomic E-state index is 13.1. The topological polar surface area (TPSA) is 61.4 Å². The Morgan fingerprint density at radius 2 is 1.93 bits per heavy atom. The van der Waals surface area contributed by atoms with Crippen LogP contribution < -0.4 is 10.6 Å². The molecule has 0 spiro atoms. The van der Waals surface area contributed by atoms with Crippen LogP contribution in [0.15, 0.2) is 28.7 Å². The van der Waals surface area contributed by atoms with Gasteiger partial charge in [0.15, 0.2) is 0 Å². The lowest BCUT2D eigenvalue weighted by molar-refractivity contribution is -0.116. The van der Waals surface area contributed by atoms with Gasteiger partial charge in [-0.05, 0) is 75.4 Å². The number of nitrogens with zero attached hydrogens (tertiary/aromatic N) is 1. The molecule has 1 aliphatic carbocycles. The molecule has 7 heteroatoms. The van der Waals surface area contributed by atoms with Crippen LogP contribution in [-0.2, 0) is 17.6 Å². The molecule has 5 nitrogen and oxygen atoms in total. The normalized spacial score (nSPS) is 18.8. The highest BCUT2D eigenvalue weighted by atomic mass is 79.9. The van der Waals surface area contributed by atoms with Crippen LogP contribution >= 0.6 is 27.3 Å². The van der Waals surface area contributed by atoms with E-state index in [1.165, 1.54) is 24.1 Å². The van der Waals surface area contributed by atoms with Gasteiger partial charge in [0.05, 0.1) is 5.56 Å². The van der Waals surface area contributed by atoms with Crippen molar-refractivity contribution >= 4 is 49.8 Å². The second-order valence-corrected chi connectivity index (χ2v) is 10.2. The fraction of sp³-hybridized carbons (Fsp3) is 0.478. The summed E-state index contributed by atoms with van der Waals surface area (Å²) in [6.45, 7) is 4.09. The number of halogens is 1. The molecule has 160 valence electrons. The Morgan fingerprint density at radius 3 is 2.70 bits per heavy atom. The number of fused-ring (bicyclic) bond motifs is 1. The maximum Gasteiger partial charge on any atom is 0.258 e. The molecule has 0 bridgehead atoms. The molecule has 1 aliphatic heterocycles. The smallest absolute Gasteiger partial charge is 0.258 e. The molecule has 1 fully saturated rings. The fourth-order valence-electron chi connectivity index (χ4n) is 4.38. The number of piperidine rings is 1. The lowest BCUT2D eigenvalue weighted by atomic mass is 10.0. The predicted molar refractivity (Wildman–Crippen MR) is 127 cm³/mol. The van der Waals surface area contributed by atoms with Gasteiger partial charge in [0.1, 0.15) is 5.00 Å². The van der Waals surface area contributed by atoms with Crippen LogP contribution in [0.5, 0.6) is 0 Å². The lowest BCUT2D eigenvalue weighted by Crippen LogP contribution is -2.39. The van der Waals surface area contributed by atoms with Crippen molar-refractivity contribution in [1.29, 1.82) is 0 Å². The number of aryl methyl sites for hydroxylation is 1. The van der Waals surface area contributed by atoms with Crippen molar-refractivity contribution in [2.75, 3.05) is 23.7 Å².